The molecule has 0 radical (unpaired) electrons. The Morgan fingerprint density at radius 3 is 2.62 bits per heavy atom. The van der Waals surface area contributed by atoms with Crippen molar-refractivity contribution in [1.29, 1.82) is 0 Å². The van der Waals surface area contributed by atoms with Crippen LogP contribution < -0.4 is 5.32 Å². The van der Waals surface area contributed by atoms with E-state index in [2.05, 4.69) is 5.32 Å². The Bertz CT molecular complexity index is 599. The zero-order chi connectivity index (χ0) is 15.8. The average molecular weight is 329 g/mol. The molecule has 21 heavy (non-hydrogen) atoms. The number of urea groups is 1. The molecular weight excluding hydrogens is 312 g/mol. The van der Waals surface area contributed by atoms with Gasteiger partial charge >= 0.3 is 6.03 Å². The smallest absolute Gasteiger partial charge is 0.323 e. The van der Waals surface area contributed by atoms with E-state index in [1.165, 1.54) is 0 Å². The SMILES string of the molecule is CC(C)C[C@]1(C)NC(=O)N(CC(=O)c2ccc(Cl)s2)C1=O. The molecule has 2 rings (SSSR count). The highest BCUT2D eigenvalue weighted by Gasteiger charge is 2.48. The minimum absolute atomic E-state index is 0.255. The quantitative estimate of drug-likeness (QED) is 0.667. The number of hydrogen-bond donors (Lipinski definition) is 1. The van der Waals surface area contributed by atoms with Crippen LogP contribution in [0.2, 0.25) is 4.34 Å². The molecule has 0 aliphatic carbocycles. The van der Waals surface area contributed by atoms with Gasteiger partial charge in [0.2, 0.25) is 0 Å². The number of carbonyl (C=O) groups excluding carboxylic acids is 3. The summed E-state index contributed by atoms with van der Waals surface area (Å²) in [7, 11) is 0. The van der Waals surface area contributed by atoms with Crippen LogP contribution >= 0.6 is 22.9 Å². The lowest BCUT2D eigenvalue weighted by Gasteiger charge is -2.23. The molecule has 1 aromatic heterocycles. The van der Waals surface area contributed by atoms with Crippen molar-refractivity contribution in [3.63, 3.8) is 0 Å². The fraction of sp³-hybridized carbons (Fsp3) is 0.500. The Balaban J connectivity index is 2.12. The maximum absolute atomic E-state index is 12.4. The van der Waals surface area contributed by atoms with Crippen molar-refractivity contribution in [3.8, 4) is 0 Å². The lowest BCUT2D eigenvalue weighted by molar-refractivity contribution is -0.131. The van der Waals surface area contributed by atoms with Gasteiger partial charge in [-0.25, -0.2) is 4.79 Å². The van der Waals surface area contributed by atoms with E-state index >= 15 is 0 Å². The molecule has 0 bridgehead atoms. The predicted octanol–water partition coefficient (Wildman–Crippen LogP) is 2.94. The van der Waals surface area contributed by atoms with E-state index < -0.39 is 11.6 Å². The highest BCUT2D eigenvalue weighted by Crippen LogP contribution is 2.26. The predicted molar refractivity (Wildman–Crippen MR) is 81.8 cm³/mol. The van der Waals surface area contributed by atoms with Gasteiger partial charge in [0.15, 0.2) is 5.78 Å². The Labute approximate surface area is 132 Å². The molecule has 1 saturated heterocycles. The zero-order valence-corrected chi connectivity index (χ0v) is 13.7. The molecule has 1 aliphatic heterocycles. The Morgan fingerprint density at radius 2 is 2.10 bits per heavy atom. The normalized spacial score (nSPS) is 22.0. The summed E-state index contributed by atoms with van der Waals surface area (Å²) in [5.74, 6) is -0.382. The fourth-order valence-electron chi connectivity index (χ4n) is 2.53. The van der Waals surface area contributed by atoms with E-state index in [-0.39, 0.29) is 24.2 Å². The van der Waals surface area contributed by atoms with Crippen LogP contribution in [0, 0.1) is 5.92 Å². The van der Waals surface area contributed by atoms with Gasteiger partial charge in [-0.3, -0.25) is 14.5 Å². The molecule has 1 N–H and O–H groups in total. The van der Waals surface area contributed by atoms with Crippen molar-refractivity contribution in [1.82, 2.24) is 10.2 Å². The van der Waals surface area contributed by atoms with Crippen LogP contribution in [0.15, 0.2) is 12.1 Å². The third-order valence-corrected chi connectivity index (χ3v) is 4.58. The number of carbonyl (C=O) groups is 3. The third kappa shape index (κ3) is 3.27. The second-order valence-corrected chi connectivity index (χ2v) is 7.49. The first-order valence-electron chi connectivity index (χ1n) is 6.65. The number of Topliss-reactive ketones (excluding diaryl/α,β-unsaturated/α-hetero) is 1. The molecule has 7 heteroatoms. The van der Waals surface area contributed by atoms with Gasteiger partial charge in [-0.15, -0.1) is 11.3 Å². The average Bonchev–Trinajstić information content (AvgIpc) is 2.87. The van der Waals surface area contributed by atoms with Crippen molar-refractivity contribution >= 4 is 40.7 Å². The molecule has 1 aromatic rings. The molecule has 0 saturated carbocycles. The molecule has 1 atom stereocenters. The molecule has 2 heterocycles. The van der Waals surface area contributed by atoms with Gasteiger partial charge < -0.3 is 5.32 Å². The first-order chi connectivity index (χ1) is 9.73. The molecule has 0 spiro atoms. The number of rotatable bonds is 5. The lowest BCUT2D eigenvalue weighted by Crippen LogP contribution is -2.45. The van der Waals surface area contributed by atoms with Crippen molar-refractivity contribution in [2.45, 2.75) is 32.7 Å². The van der Waals surface area contributed by atoms with Crippen molar-refractivity contribution in [3.05, 3.63) is 21.3 Å². The van der Waals surface area contributed by atoms with Gasteiger partial charge in [0.05, 0.1) is 15.8 Å². The van der Waals surface area contributed by atoms with Gasteiger partial charge in [-0.05, 0) is 31.4 Å². The lowest BCUT2D eigenvalue weighted by atomic mass is 9.91. The number of hydrogen-bond acceptors (Lipinski definition) is 4. The van der Waals surface area contributed by atoms with E-state index in [9.17, 15) is 14.4 Å². The molecule has 0 aromatic carbocycles. The minimum Gasteiger partial charge on any atom is -0.323 e. The second-order valence-electron chi connectivity index (χ2n) is 5.78. The third-order valence-electron chi connectivity index (χ3n) is 3.31. The second kappa shape index (κ2) is 5.77. The summed E-state index contributed by atoms with van der Waals surface area (Å²) < 4.78 is 0.500. The standard InChI is InChI=1S/C14H17ClN2O3S/c1-8(2)6-14(3)12(19)17(13(20)16-14)7-9(18)10-4-5-11(15)21-10/h4-5,8H,6-7H2,1-3H3,(H,16,20)/t14-/m0/s1. The monoisotopic (exact) mass is 328 g/mol. The van der Waals surface area contributed by atoms with E-state index in [0.717, 1.165) is 16.2 Å². The molecule has 1 aliphatic rings. The number of halogens is 1. The largest absolute Gasteiger partial charge is 0.325 e. The van der Waals surface area contributed by atoms with Crippen molar-refractivity contribution in [2.75, 3.05) is 6.54 Å². The molecular formula is C14H17ClN2O3S. The van der Waals surface area contributed by atoms with Gasteiger partial charge in [0, 0.05) is 0 Å². The fourth-order valence-corrected chi connectivity index (χ4v) is 3.50. The van der Waals surface area contributed by atoms with E-state index in [0.29, 0.717) is 15.6 Å². The number of nitrogens with zero attached hydrogens (tertiary/aromatic N) is 1. The highest BCUT2D eigenvalue weighted by atomic mass is 35.5. The van der Waals surface area contributed by atoms with Crippen LogP contribution in [0.5, 0.6) is 0 Å². The number of thiophene rings is 1. The van der Waals surface area contributed by atoms with Gasteiger partial charge in [-0.1, -0.05) is 25.4 Å². The zero-order valence-electron chi connectivity index (χ0n) is 12.1. The maximum atomic E-state index is 12.4. The number of amides is 3. The van der Waals surface area contributed by atoms with Crippen molar-refractivity contribution < 1.29 is 14.4 Å². The van der Waals surface area contributed by atoms with E-state index in [4.69, 9.17) is 11.6 Å². The van der Waals surface area contributed by atoms with E-state index in [1.807, 2.05) is 13.8 Å². The van der Waals surface area contributed by atoms with Gasteiger partial charge in [0.1, 0.15) is 5.54 Å². The number of ketones is 1. The van der Waals surface area contributed by atoms with Crippen LogP contribution in [-0.4, -0.2) is 34.7 Å². The summed E-state index contributed by atoms with van der Waals surface area (Å²) in [6.45, 7) is 5.40. The summed E-state index contributed by atoms with van der Waals surface area (Å²) in [4.78, 5) is 37.9. The van der Waals surface area contributed by atoms with E-state index in [1.54, 1.807) is 19.1 Å². The van der Waals surface area contributed by atoms with Gasteiger partial charge in [0.25, 0.3) is 5.91 Å². The van der Waals surface area contributed by atoms with Crippen LogP contribution in [0.1, 0.15) is 36.9 Å². The Kier molecular flexibility index (Phi) is 4.39. The molecule has 1 fully saturated rings. The Hall–Kier alpha value is -1.40. The number of nitrogens with one attached hydrogen (secondary N) is 1. The summed E-state index contributed by atoms with van der Waals surface area (Å²) in [6.07, 6.45) is 0.535. The summed E-state index contributed by atoms with van der Waals surface area (Å²) in [6, 6.07) is 2.70. The van der Waals surface area contributed by atoms with Crippen molar-refractivity contribution in [2.24, 2.45) is 5.92 Å². The minimum atomic E-state index is -0.932. The Morgan fingerprint density at radius 1 is 1.43 bits per heavy atom. The first kappa shape index (κ1) is 16.0. The van der Waals surface area contributed by atoms with Crippen LogP contribution in [0.25, 0.3) is 0 Å². The summed E-state index contributed by atoms with van der Waals surface area (Å²) >= 11 is 6.93. The summed E-state index contributed by atoms with van der Waals surface area (Å²) in [5, 5.41) is 2.69. The molecule has 3 amide bonds. The van der Waals surface area contributed by atoms with Crippen LogP contribution in [0.3, 0.4) is 0 Å². The highest BCUT2D eigenvalue weighted by molar-refractivity contribution is 7.18. The summed E-state index contributed by atoms with van der Waals surface area (Å²) in [5.41, 5.74) is -0.932. The number of imide groups is 1. The maximum Gasteiger partial charge on any atom is 0.325 e. The molecule has 0 unspecified atom stereocenters. The molecule has 5 nitrogen and oxygen atoms in total. The van der Waals surface area contributed by atoms with Gasteiger partial charge in [-0.2, -0.15) is 0 Å². The first-order valence-corrected chi connectivity index (χ1v) is 7.85. The van der Waals surface area contributed by atoms with Crippen LogP contribution in [-0.2, 0) is 4.79 Å². The topological polar surface area (TPSA) is 66.5 Å². The van der Waals surface area contributed by atoms with Crippen LogP contribution in [0.4, 0.5) is 4.79 Å². The molecule has 114 valence electrons.